The van der Waals surface area contributed by atoms with E-state index in [2.05, 4.69) is 12.2 Å². The standard InChI is InChI=1S/C11H14Cl2O2/c12-11(13)9-3-1-2-4-10(9,11)6-8(15)7(14)5-9/h1-2,7-8,14-15H,3-6H2/t7-,8+,9?,10?. The minimum Gasteiger partial charge on any atom is -0.390 e. The predicted molar refractivity (Wildman–Crippen MR) is 58.9 cm³/mol. The van der Waals surface area contributed by atoms with E-state index in [1.165, 1.54) is 0 Å². The maximum Gasteiger partial charge on any atom is 0.131 e. The molecule has 2 fully saturated rings. The molecule has 0 aliphatic heterocycles. The van der Waals surface area contributed by atoms with Crippen molar-refractivity contribution < 1.29 is 10.2 Å². The van der Waals surface area contributed by atoms with Crippen LogP contribution in [0, 0.1) is 10.8 Å². The summed E-state index contributed by atoms with van der Waals surface area (Å²) in [4.78, 5) is 0. The first kappa shape index (κ1) is 10.4. The van der Waals surface area contributed by atoms with Gasteiger partial charge >= 0.3 is 0 Å². The second-order valence-corrected chi connectivity index (χ2v) is 6.49. The van der Waals surface area contributed by atoms with Gasteiger partial charge in [0.05, 0.1) is 12.2 Å². The third-order valence-corrected chi connectivity index (χ3v) is 6.16. The summed E-state index contributed by atoms with van der Waals surface area (Å²) in [5.74, 6) is 0. The van der Waals surface area contributed by atoms with Crippen molar-refractivity contribution in [3.8, 4) is 0 Å². The quantitative estimate of drug-likeness (QED) is 0.509. The fourth-order valence-corrected chi connectivity index (χ4v) is 5.00. The van der Waals surface area contributed by atoms with Gasteiger partial charge in [0.15, 0.2) is 0 Å². The van der Waals surface area contributed by atoms with Gasteiger partial charge in [0.2, 0.25) is 0 Å². The van der Waals surface area contributed by atoms with Gasteiger partial charge in [-0.2, -0.15) is 0 Å². The molecule has 0 heterocycles. The Bertz CT molecular complexity index is 311. The van der Waals surface area contributed by atoms with Crippen LogP contribution in [0.25, 0.3) is 0 Å². The zero-order valence-corrected chi connectivity index (χ0v) is 9.80. The fourth-order valence-electron chi connectivity index (χ4n) is 3.76. The van der Waals surface area contributed by atoms with Crippen molar-refractivity contribution in [1.29, 1.82) is 0 Å². The number of halogens is 2. The van der Waals surface area contributed by atoms with E-state index in [9.17, 15) is 10.2 Å². The van der Waals surface area contributed by atoms with Crippen molar-refractivity contribution in [2.24, 2.45) is 10.8 Å². The first-order chi connectivity index (χ1) is 6.97. The molecule has 15 heavy (non-hydrogen) atoms. The van der Waals surface area contributed by atoms with Gasteiger partial charge in [0.1, 0.15) is 4.33 Å². The molecule has 2 saturated carbocycles. The van der Waals surface area contributed by atoms with Crippen molar-refractivity contribution in [2.45, 2.75) is 42.2 Å². The molecule has 2 nitrogen and oxygen atoms in total. The lowest BCUT2D eigenvalue weighted by Crippen LogP contribution is -2.39. The highest BCUT2D eigenvalue weighted by Crippen LogP contribution is 2.86. The number of rotatable bonds is 0. The second kappa shape index (κ2) is 2.73. The summed E-state index contributed by atoms with van der Waals surface area (Å²) in [6.45, 7) is 0. The van der Waals surface area contributed by atoms with Crippen LogP contribution in [0.15, 0.2) is 12.2 Å². The largest absolute Gasteiger partial charge is 0.390 e. The number of hydrogen-bond donors (Lipinski definition) is 2. The smallest absolute Gasteiger partial charge is 0.131 e. The maximum atomic E-state index is 9.75. The molecule has 0 radical (unpaired) electrons. The Morgan fingerprint density at radius 1 is 0.933 bits per heavy atom. The number of allylic oxidation sites excluding steroid dienone is 2. The highest BCUT2D eigenvalue weighted by Gasteiger charge is 2.87. The van der Waals surface area contributed by atoms with E-state index < -0.39 is 16.5 Å². The Hall–Kier alpha value is 0.240. The molecule has 0 amide bonds. The third-order valence-electron chi connectivity index (χ3n) is 4.71. The molecule has 3 rings (SSSR count). The van der Waals surface area contributed by atoms with E-state index in [1.807, 2.05) is 0 Å². The van der Waals surface area contributed by atoms with E-state index in [0.717, 1.165) is 12.8 Å². The SMILES string of the molecule is O[C@@H]1CC23CC=CCC2(C[C@@H]1O)C3(Cl)Cl. The van der Waals surface area contributed by atoms with Crippen molar-refractivity contribution in [1.82, 2.24) is 0 Å². The molecule has 0 bridgehead atoms. The summed E-state index contributed by atoms with van der Waals surface area (Å²) in [6, 6.07) is 0. The summed E-state index contributed by atoms with van der Waals surface area (Å²) in [5, 5.41) is 19.5. The summed E-state index contributed by atoms with van der Waals surface area (Å²) in [5.41, 5.74) is -0.396. The molecule has 4 heteroatoms. The summed E-state index contributed by atoms with van der Waals surface area (Å²) >= 11 is 12.8. The van der Waals surface area contributed by atoms with Gasteiger partial charge in [0, 0.05) is 10.8 Å². The molecule has 2 N–H and O–H groups in total. The summed E-state index contributed by atoms with van der Waals surface area (Å²) in [7, 11) is 0. The van der Waals surface area contributed by atoms with Gasteiger partial charge in [-0.05, 0) is 25.7 Å². The van der Waals surface area contributed by atoms with Crippen molar-refractivity contribution in [2.75, 3.05) is 0 Å². The topological polar surface area (TPSA) is 40.5 Å². The van der Waals surface area contributed by atoms with Crippen LogP contribution in [0.5, 0.6) is 0 Å². The first-order valence-electron chi connectivity index (χ1n) is 5.36. The van der Waals surface area contributed by atoms with Crippen LogP contribution < -0.4 is 0 Å². The number of alkyl halides is 2. The van der Waals surface area contributed by atoms with Crippen LogP contribution >= 0.6 is 23.2 Å². The van der Waals surface area contributed by atoms with Gasteiger partial charge < -0.3 is 10.2 Å². The minimum atomic E-state index is -0.776. The Balaban J connectivity index is 2.04. The predicted octanol–water partition coefficient (Wildman–Crippen LogP) is 2.01. The number of hydrogen-bond acceptors (Lipinski definition) is 2. The van der Waals surface area contributed by atoms with Gasteiger partial charge in [-0.25, -0.2) is 0 Å². The van der Waals surface area contributed by atoms with E-state index in [-0.39, 0.29) is 10.8 Å². The molecule has 0 aromatic carbocycles. The van der Waals surface area contributed by atoms with Crippen LogP contribution in [0.1, 0.15) is 25.7 Å². The van der Waals surface area contributed by atoms with E-state index >= 15 is 0 Å². The van der Waals surface area contributed by atoms with Crippen molar-refractivity contribution in [3.63, 3.8) is 0 Å². The Labute approximate surface area is 98.9 Å². The third kappa shape index (κ3) is 0.917. The Morgan fingerprint density at radius 3 is 1.73 bits per heavy atom. The fraction of sp³-hybridized carbons (Fsp3) is 0.818. The minimum absolute atomic E-state index is 0.198. The van der Waals surface area contributed by atoms with E-state index in [4.69, 9.17) is 23.2 Å². The van der Waals surface area contributed by atoms with Crippen LogP contribution in [0.4, 0.5) is 0 Å². The highest BCUT2D eigenvalue weighted by atomic mass is 35.5. The molecule has 2 unspecified atom stereocenters. The molecule has 3 aliphatic carbocycles. The number of aliphatic hydroxyl groups is 2. The zero-order chi connectivity index (χ0) is 10.9. The average Bonchev–Trinajstić information content (AvgIpc) is 2.60. The van der Waals surface area contributed by atoms with Crippen LogP contribution in [-0.2, 0) is 0 Å². The first-order valence-corrected chi connectivity index (χ1v) is 6.11. The molecule has 0 aromatic rings. The van der Waals surface area contributed by atoms with Crippen LogP contribution in [0.3, 0.4) is 0 Å². The lowest BCUT2D eigenvalue weighted by Gasteiger charge is -2.36. The monoisotopic (exact) mass is 248 g/mol. The molecule has 3 aliphatic rings. The normalized spacial score (nSPS) is 55.7. The Kier molecular flexibility index (Phi) is 1.89. The van der Waals surface area contributed by atoms with Crippen molar-refractivity contribution in [3.05, 3.63) is 12.2 Å². The summed E-state index contributed by atoms with van der Waals surface area (Å²) in [6.07, 6.45) is 5.52. The molecule has 0 spiro atoms. The average molecular weight is 249 g/mol. The van der Waals surface area contributed by atoms with Gasteiger partial charge in [0.25, 0.3) is 0 Å². The van der Waals surface area contributed by atoms with E-state index in [0.29, 0.717) is 12.8 Å². The maximum absolute atomic E-state index is 9.75. The molecular formula is C11H14Cl2O2. The van der Waals surface area contributed by atoms with Crippen molar-refractivity contribution >= 4 is 23.2 Å². The molecule has 84 valence electrons. The zero-order valence-electron chi connectivity index (χ0n) is 8.29. The molecular weight excluding hydrogens is 235 g/mol. The molecule has 4 atom stereocenters. The van der Waals surface area contributed by atoms with Crippen LogP contribution in [0.2, 0.25) is 0 Å². The lowest BCUT2D eigenvalue weighted by molar-refractivity contribution is -0.0478. The van der Waals surface area contributed by atoms with Gasteiger partial charge in [-0.3, -0.25) is 0 Å². The number of aliphatic hydroxyl groups excluding tert-OH is 2. The second-order valence-electron chi connectivity index (χ2n) is 5.16. The lowest BCUT2D eigenvalue weighted by atomic mass is 9.71. The highest BCUT2D eigenvalue weighted by molar-refractivity contribution is 6.52. The Morgan fingerprint density at radius 2 is 1.33 bits per heavy atom. The van der Waals surface area contributed by atoms with Gasteiger partial charge in [-0.15, -0.1) is 23.2 Å². The van der Waals surface area contributed by atoms with Gasteiger partial charge in [-0.1, -0.05) is 12.2 Å². The van der Waals surface area contributed by atoms with E-state index in [1.54, 1.807) is 0 Å². The molecule has 0 aromatic heterocycles. The summed E-state index contributed by atoms with van der Waals surface area (Å²) < 4.78 is -0.776. The molecule has 0 saturated heterocycles. The van der Waals surface area contributed by atoms with Crippen LogP contribution in [-0.4, -0.2) is 26.8 Å².